The first-order chi connectivity index (χ1) is 10.3. The molecule has 0 fully saturated rings. The highest BCUT2D eigenvalue weighted by Crippen LogP contribution is 2.18. The molecule has 3 N–H and O–H groups in total. The lowest BCUT2D eigenvalue weighted by Crippen LogP contribution is -2.44. The fourth-order valence-electron chi connectivity index (χ4n) is 1.33. The van der Waals surface area contributed by atoms with Gasteiger partial charge in [0.1, 0.15) is 6.07 Å². The molecular formula is C13H14N4O3S2. The summed E-state index contributed by atoms with van der Waals surface area (Å²) in [7, 11) is -3.93. The van der Waals surface area contributed by atoms with Gasteiger partial charge in [-0.2, -0.15) is 5.26 Å². The Balaban J connectivity index is 2.93. The second-order valence-electron chi connectivity index (χ2n) is 4.22. The van der Waals surface area contributed by atoms with E-state index in [2.05, 4.69) is 16.2 Å². The molecule has 0 aliphatic heterocycles. The van der Waals surface area contributed by atoms with Crippen LogP contribution < -0.4 is 16.2 Å². The summed E-state index contributed by atoms with van der Waals surface area (Å²) < 4.78 is 24.6. The third kappa shape index (κ3) is 4.83. The summed E-state index contributed by atoms with van der Waals surface area (Å²) in [6, 6.07) is 7.73. The van der Waals surface area contributed by atoms with E-state index in [4.69, 9.17) is 17.5 Å². The van der Waals surface area contributed by atoms with Crippen molar-refractivity contribution in [1.29, 1.82) is 5.26 Å². The molecule has 0 atom stereocenters. The van der Waals surface area contributed by atoms with Crippen molar-refractivity contribution in [2.45, 2.75) is 18.7 Å². The zero-order valence-electron chi connectivity index (χ0n) is 11.9. The molecule has 0 radical (unpaired) electrons. The van der Waals surface area contributed by atoms with E-state index < -0.39 is 14.7 Å². The van der Waals surface area contributed by atoms with E-state index in [1.165, 1.54) is 19.1 Å². The van der Waals surface area contributed by atoms with Gasteiger partial charge in [0, 0.05) is 13.1 Å². The van der Waals surface area contributed by atoms with Crippen molar-refractivity contribution in [3.8, 4) is 6.07 Å². The third-order valence-electron chi connectivity index (χ3n) is 2.42. The molecule has 0 spiro atoms. The molecule has 0 heterocycles. The second-order valence-corrected chi connectivity index (χ2v) is 6.54. The number of nitrogens with zero attached hydrogens (tertiary/aromatic N) is 1. The molecule has 0 unspecified atom stereocenters. The van der Waals surface area contributed by atoms with Gasteiger partial charge in [0.05, 0.1) is 4.90 Å². The van der Waals surface area contributed by atoms with Crippen LogP contribution in [-0.2, 0) is 14.6 Å². The Hall–Kier alpha value is -2.44. The van der Waals surface area contributed by atoms with Crippen LogP contribution in [0.5, 0.6) is 0 Å². The SMILES string of the molecule is CC(=O)NNC(=S)N/C=C(\C#N)S(=O)(=O)c1ccc(C)cc1. The second kappa shape index (κ2) is 7.53. The fourth-order valence-corrected chi connectivity index (χ4v) is 2.52. The largest absolute Gasteiger partial charge is 0.336 e. The van der Waals surface area contributed by atoms with Crippen LogP contribution in [0.1, 0.15) is 12.5 Å². The van der Waals surface area contributed by atoms with Crippen LogP contribution in [0, 0.1) is 18.3 Å². The van der Waals surface area contributed by atoms with E-state index >= 15 is 0 Å². The molecule has 1 aromatic rings. The van der Waals surface area contributed by atoms with Crippen LogP contribution in [0.15, 0.2) is 40.3 Å². The summed E-state index contributed by atoms with van der Waals surface area (Å²) in [6.07, 6.45) is 0.965. The van der Waals surface area contributed by atoms with Gasteiger partial charge in [-0.05, 0) is 31.3 Å². The number of amides is 1. The first kappa shape index (κ1) is 17.6. The number of allylic oxidation sites excluding steroid dienone is 1. The quantitative estimate of drug-likeness (QED) is 0.421. The topological polar surface area (TPSA) is 111 Å². The number of carbonyl (C=O) groups excluding carboxylic acids is 1. The molecule has 7 nitrogen and oxygen atoms in total. The van der Waals surface area contributed by atoms with Crippen molar-refractivity contribution < 1.29 is 13.2 Å². The van der Waals surface area contributed by atoms with E-state index in [9.17, 15) is 13.2 Å². The van der Waals surface area contributed by atoms with Crippen molar-refractivity contribution in [3.63, 3.8) is 0 Å². The molecule has 22 heavy (non-hydrogen) atoms. The van der Waals surface area contributed by atoms with Gasteiger partial charge in [-0.1, -0.05) is 17.7 Å². The molecular weight excluding hydrogens is 324 g/mol. The molecule has 0 aliphatic rings. The zero-order valence-corrected chi connectivity index (χ0v) is 13.5. The number of nitrogens with one attached hydrogen (secondary N) is 3. The Morgan fingerprint density at radius 3 is 2.36 bits per heavy atom. The number of hydrogen-bond acceptors (Lipinski definition) is 5. The number of sulfone groups is 1. The first-order valence-electron chi connectivity index (χ1n) is 6.02. The molecule has 0 bridgehead atoms. The molecule has 0 saturated carbocycles. The number of benzene rings is 1. The first-order valence-corrected chi connectivity index (χ1v) is 7.91. The Kier molecular flexibility index (Phi) is 6.03. The summed E-state index contributed by atoms with van der Waals surface area (Å²) in [5.41, 5.74) is 5.44. The van der Waals surface area contributed by atoms with E-state index in [1.807, 2.05) is 6.92 Å². The highest BCUT2D eigenvalue weighted by atomic mass is 32.2. The minimum atomic E-state index is -3.93. The van der Waals surface area contributed by atoms with Crippen LogP contribution >= 0.6 is 12.2 Å². The maximum absolute atomic E-state index is 12.3. The highest BCUT2D eigenvalue weighted by molar-refractivity contribution is 7.95. The summed E-state index contributed by atoms with van der Waals surface area (Å²) in [4.78, 5) is 10.2. The van der Waals surface area contributed by atoms with Crippen molar-refractivity contribution in [1.82, 2.24) is 16.2 Å². The van der Waals surface area contributed by atoms with Gasteiger partial charge in [-0.3, -0.25) is 15.6 Å². The van der Waals surface area contributed by atoms with Gasteiger partial charge in [-0.25, -0.2) is 8.42 Å². The van der Waals surface area contributed by atoms with Crippen molar-refractivity contribution in [2.75, 3.05) is 0 Å². The van der Waals surface area contributed by atoms with Crippen LogP contribution in [0.3, 0.4) is 0 Å². The summed E-state index contributed by atoms with van der Waals surface area (Å²) >= 11 is 4.81. The zero-order chi connectivity index (χ0) is 16.8. The average Bonchev–Trinajstić information content (AvgIpc) is 2.46. The Morgan fingerprint density at radius 2 is 1.86 bits per heavy atom. The minimum Gasteiger partial charge on any atom is -0.336 e. The smallest absolute Gasteiger partial charge is 0.235 e. The molecule has 0 saturated heterocycles. The molecule has 1 amide bonds. The number of rotatable bonds is 3. The molecule has 1 aromatic carbocycles. The van der Waals surface area contributed by atoms with Crippen LogP contribution in [-0.4, -0.2) is 19.4 Å². The normalized spacial score (nSPS) is 11.2. The standard InChI is InChI=1S/C13H14N4O3S2/c1-9-3-5-11(6-4-9)22(19,20)12(7-14)8-15-13(21)17-16-10(2)18/h3-6,8H,1-2H3,(H,16,18)(H2,15,17,21)/b12-8+. The molecule has 9 heteroatoms. The van der Waals surface area contributed by atoms with E-state index in [0.29, 0.717) is 0 Å². The predicted octanol–water partition coefficient (Wildman–Crippen LogP) is 0.649. The number of hydrazine groups is 1. The molecule has 116 valence electrons. The van der Waals surface area contributed by atoms with E-state index in [-0.39, 0.29) is 15.9 Å². The molecule has 1 rings (SSSR count). The summed E-state index contributed by atoms with van der Waals surface area (Å²) in [6.45, 7) is 3.10. The number of thiocarbonyl (C=S) groups is 1. The highest BCUT2D eigenvalue weighted by Gasteiger charge is 2.20. The summed E-state index contributed by atoms with van der Waals surface area (Å²) in [5.74, 6) is -0.374. The van der Waals surface area contributed by atoms with Gasteiger partial charge in [0.25, 0.3) is 0 Å². The monoisotopic (exact) mass is 338 g/mol. The van der Waals surface area contributed by atoms with Gasteiger partial charge < -0.3 is 5.32 Å². The van der Waals surface area contributed by atoms with E-state index in [0.717, 1.165) is 11.8 Å². The minimum absolute atomic E-state index is 0.00781. The lowest BCUT2D eigenvalue weighted by atomic mass is 10.2. The maximum Gasteiger partial charge on any atom is 0.235 e. The molecule has 0 aromatic heterocycles. The van der Waals surface area contributed by atoms with Gasteiger partial charge in [0.2, 0.25) is 15.7 Å². The summed E-state index contributed by atoms with van der Waals surface area (Å²) in [5, 5.41) is 11.4. The number of nitriles is 1. The predicted molar refractivity (Wildman–Crippen MR) is 84.7 cm³/mol. The van der Waals surface area contributed by atoms with Crippen LogP contribution in [0.25, 0.3) is 0 Å². The van der Waals surface area contributed by atoms with Crippen LogP contribution in [0.4, 0.5) is 0 Å². The van der Waals surface area contributed by atoms with Crippen LogP contribution in [0.2, 0.25) is 0 Å². The average molecular weight is 338 g/mol. The Bertz CT molecular complexity index is 746. The van der Waals surface area contributed by atoms with Crippen molar-refractivity contribution in [2.24, 2.45) is 0 Å². The van der Waals surface area contributed by atoms with Gasteiger partial charge in [0.15, 0.2) is 10.0 Å². The van der Waals surface area contributed by atoms with E-state index in [1.54, 1.807) is 18.2 Å². The third-order valence-corrected chi connectivity index (χ3v) is 4.32. The maximum atomic E-state index is 12.3. The lowest BCUT2D eigenvalue weighted by Gasteiger charge is -2.08. The fraction of sp³-hybridized carbons (Fsp3) is 0.154. The van der Waals surface area contributed by atoms with Gasteiger partial charge in [-0.15, -0.1) is 0 Å². The Morgan fingerprint density at radius 1 is 1.27 bits per heavy atom. The lowest BCUT2D eigenvalue weighted by molar-refractivity contribution is -0.119. The number of aryl methyl sites for hydroxylation is 1. The number of hydrogen-bond donors (Lipinski definition) is 3. The van der Waals surface area contributed by atoms with Crippen molar-refractivity contribution >= 4 is 33.1 Å². The van der Waals surface area contributed by atoms with Crippen molar-refractivity contribution in [3.05, 3.63) is 40.9 Å². The Labute approximate surface area is 133 Å². The van der Waals surface area contributed by atoms with Gasteiger partial charge >= 0.3 is 0 Å². The molecule has 0 aliphatic carbocycles. The number of carbonyl (C=O) groups is 1.